The molecule has 0 saturated carbocycles. The second kappa shape index (κ2) is 3.01. The fourth-order valence-corrected chi connectivity index (χ4v) is 2.86. The molecule has 0 bridgehead atoms. The quantitative estimate of drug-likeness (QED) is 0.383. The number of hydrogen-bond acceptors (Lipinski definition) is 3. The molecule has 5 rings (SSSR count). The van der Waals surface area contributed by atoms with E-state index in [1.54, 1.807) is 25.1 Å². The van der Waals surface area contributed by atoms with Gasteiger partial charge in [0.15, 0.2) is 0 Å². The highest BCUT2D eigenvalue weighted by Crippen LogP contribution is 2.38. The smallest absolute Gasteiger partial charge is 0.142 e. The predicted molar refractivity (Wildman–Crippen MR) is 73.3 cm³/mol. The largest absolute Gasteiger partial charge is 0.471 e. The summed E-state index contributed by atoms with van der Waals surface area (Å²) in [5.41, 5.74) is 1.77. The lowest BCUT2D eigenvalue weighted by atomic mass is 10.0. The van der Waals surface area contributed by atoms with Gasteiger partial charge in [-0.2, -0.15) is 0 Å². The van der Waals surface area contributed by atoms with Crippen molar-refractivity contribution in [3.63, 3.8) is 0 Å². The Morgan fingerprint density at radius 3 is 2.47 bits per heavy atom. The molecule has 0 unspecified atom stereocenters. The van der Waals surface area contributed by atoms with Crippen LogP contribution in [0.3, 0.4) is 0 Å². The van der Waals surface area contributed by atoms with E-state index in [1.165, 1.54) is 0 Å². The van der Waals surface area contributed by atoms with Gasteiger partial charge in [0, 0.05) is 32.3 Å². The molecule has 0 atom stereocenters. The fourth-order valence-electron chi connectivity index (χ4n) is 2.86. The van der Waals surface area contributed by atoms with Gasteiger partial charge in [0.2, 0.25) is 0 Å². The average molecular weight is 248 g/mol. The van der Waals surface area contributed by atoms with Gasteiger partial charge >= 0.3 is 0 Å². The maximum absolute atomic E-state index is 5.66. The number of rotatable bonds is 0. The summed E-state index contributed by atoms with van der Waals surface area (Å²) < 4.78 is 16.5. The molecule has 0 aliphatic heterocycles. The van der Waals surface area contributed by atoms with Crippen molar-refractivity contribution < 1.29 is 13.3 Å². The first kappa shape index (κ1) is 9.28. The molecule has 2 aromatic carbocycles. The maximum Gasteiger partial charge on any atom is 0.142 e. The van der Waals surface area contributed by atoms with Crippen molar-refractivity contribution in [2.75, 3.05) is 0 Å². The Bertz CT molecular complexity index is 975. The van der Waals surface area contributed by atoms with Crippen molar-refractivity contribution >= 4 is 43.5 Å². The molecule has 0 radical (unpaired) electrons. The van der Waals surface area contributed by atoms with Crippen molar-refractivity contribution in [3.05, 3.63) is 49.3 Å². The van der Waals surface area contributed by atoms with Crippen LogP contribution in [-0.4, -0.2) is 0 Å². The third-order valence-electron chi connectivity index (χ3n) is 3.74. The zero-order valence-corrected chi connectivity index (χ0v) is 9.84. The second-order valence-electron chi connectivity index (χ2n) is 4.72. The SMILES string of the molecule is c1cc2cc3c(cc2o1)c1cocc1c1ccoc13. The van der Waals surface area contributed by atoms with Crippen molar-refractivity contribution in [2.24, 2.45) is 0 Å². The summed E-state index contributed by atoms with van der Waals surface area (Å²) in [6.07, 6.45) is 6.96. The van der Waals surface area contributed by atoms with E-state index < -0.39 is 0 Å². The van der Waals surface area contributed by atoms with Gasteiger partial charge in [-0.3, -0.25) is 0 Å². The van der Waals surface area contributed by atoms with Gasteiger partial charge in [-0.05, 0) is 24.3 Å². The molecule has 19 heavy (non-hydrogen) atoms. The minimum absolute atomic E-state index is 0.876. The van der Waals surface area contributed by atoms with Crippen molar-refractivity contribution in [3.8, 4) is 0 Å². The van der Waals surface area contributed by atoms with Crippen molar-refractivity contribution in [1.29, 1.82) is 0 Å². The first-order valence-corrected chi connectivity index (χ1v) is 6.08. The van der Waals surface area contributed by atoms with Crippen LogP contribution >= 0.6 is 0 Å². The normalized spacial score (nSPS) is 12.2. The van der Waals surface area contributed by atoms with Crippen LogP contribution in [-0.2, 0) is 0 Å². The lowest BCUT2D eigenvalue weighted by molar-refractivity contribution is 0.573. The van der Waals surface area contributed by atoms with E-state index in [0.29, 0.717) is 0 Å². The fraction of sp³-hybridized carbons (Fsp3) is 0. The molecule has 3 heterocycles. The third kappa shape index (κ3) is 1.03. The van der Waals surface area contributed by atoms with Crippen molar-refractivity contribution in [1.82, 2.24) is 0 Å². The van der Waals surface area contributed by atoms with E-state index in [2.05, 4.69) is 6.07 Å². The highest BCUT2D eigenvalue weighted by Gasteiger charge is 2.13. The molecule has 0 aliphatic carbocycles. The molecule has 3 heteroatoms. The number of fused-ring (bicyclic) bond motifs is 7. The van der Waals surface area contributed by atoms with Gasteiger partial charge in [0.25, 0.3) is 0 Å². The zero-order chi connectivity index (χ0) is 12.4. The van der Waals surface area contributed by atoms with E-state index in [0.717, 1.165) is 43.5 Å². The minimum atomic E-state index is 0.876. The monoisotopic (exact) mass is 248 g/mol. The van der Waals surface area contributed by atoms with Gasteiger partial charge in [-0.25, -0.2) is 0 Å². The summed E-state index contributed by atoms with van der Waals surface area (Å²) in [5, 5.41) is 6.49. The average Bonchev–Trinajstić information content (AvgIpc) is 3.15. The van der Waals surface area contributed by atoms with Gasteiger partial charge in [-0.15, -0.1) is 0 Å². The third-order valence-corrected chi connectivity index (χ3v) is 3.74. The van der Waals surface area contributed by atoms with Crippen LogP contribution in [0.2, 0.25) is 0 Å². The molecular formula is C16H8O3. The summed E-state index contributed by atoms with van der Waals surface area (Å²) >= 11 is 0. The van der Waals surface area contributed by atoms with Crippen molar-refractivity contribution in [2.45, 2.75) is 0 Å². The van der Waals surface area contributed by atoms with Gasteiger partial charge in [0.1, 0.15) is 11.2 Å². The van der Waals surface area contributed by atoms with Crippen LogP contribution in [0, 0.1) is 0 Å². The molecule has 0 saturated heterocycles. The number of hydrogen-bond donors (Lipinski definition) is 0. The number of benzene rings is 2. The Kier molecular flexibility index (Phi) is 1.47. The Labute approximate surface area is 107 Å². The summed E-state index contributed by atoms with van der Waals surface area (Å²) in [6.45, 7) is 0. The Balaban J connectivity index is 2.23. The first-order chi connectivity index (χ1) is 9.42. The van der Waals surface area contributed by atoms with E-state index >= 15 is 0 Å². The molecule has 0 aliphatic rings. The maximum atomic E-state index is 5.66. The predicted octanol–water partition coefficient (Wildman–Crippen LogP) is 5.08. The molecule has 90 valence electrons. The molecule has 3 nitrogen and oxygen atoms in total. The van der Waals surface area contributed by atoms with E-state index in [9.17, 15) is 0 Å². The van der Waals surface area contributed by atoms with Gasteiger partial charge < -0.3 is 13.3 Å². The molecular weight excluding hydrogens is 240 g/mol. The zero-order valence-electron chi connectivity index (χ0n) is 9.84. The Morgan fingerprint density at radius 1 is 0.684 bits per heavy atom. The van der Waals surface area contributed by atoms with E-state index in [-0.39, 0.29) is 0 Å². The van der Waals surface area contributed by atoms with Crippen LogP contribution in [0.4, 0.5) is 0 Å². The molecule has 0 fully saturated rings. The van der Waals surface area contributed by atoms with Crippen LogP contribution < -0.4 is 0 Å². The van der Waals surface area contributed by atoms with Gasteiger partial charge in [0.05, 0.1) is 25.1 Å². The summed E-state index contributed by atoms with van der Waals surface area (Å²) in [5.74, 6) is 0. The topological polar surface area (TPSA) is 39.4 Å². The lowest BCUT2D eigenvalue weighted by Gasteiger charge is -2.01. The first-order valence-electron chi connectivity index (χ1n) is 6.08. The summed E-state index contributed by atoms with van der Waals surface area (Å²) in [4.78, 5) is 0. The van der Waals surface area contributed by atoms with Crippen LogP contribution in [0.25, 0.3) is 43.5 Å². The molecule has 0 N–H and O–H groups in total. The summed E-state index contributed by atoms with van der Waals surface area (Å²) in [7, 11) is 0. The summed E-state index contributed by atoms with van der Waals surface area (Å²) in [6, 6.07) is 8.09. The molecule has 3 aromatic heterocycles. The number of furan rings is 3. The molecule has 0 amide bonds. The second-order valence-corrected chi connectivity index (χ2v) is 4.72. The van der Waals surface area contributed by atoms with E-state index in [1.807, 2.05) is 18.2 Å². The van der Waals surface area contributed by atoms with Crippen LogP contribution in [0.5, 0.6) is 0 Å². The Hall–Kier alpha value is -2.68. The van der Waals surface area contributed by atoms with E-state index in [4.69, 9.17) is 13.3 Å². The molecule has 5 aromatic rings. The Morgan fingerprint density at radius 2 is 1.53 bits per heavy atom. The molecule has 0 spiro atoms. The standard InChI is InChI=1S/C16H8O3/c1-3-18-15-6-11-12(5-9(1)15)16-10(2-4-19-16)13-7-17-8-14(11)13/h1-8H. The lowest BCUT2D eigenvalue weighted by Crippen LogP contribution is -1.77. The minimum Gasteiger partial charge on any atom is -0.471 e. The highest BCUT2D eigenvalue weighted by atomic mass is 16.3. The van der Waals surface area contributed by atoms with Crippen LogP contribution in [0.15, 0.2) is 62.6 Å². The van der Waals surface area contributed by atoms with Crippen LogP contribution in [0.1, 0.15) is 0 Å². The highest BCUT2D eigenvalue weighted by molar-refractivity contribution is 6.25. The van der Waals surface area contributed by atoms with Gasteiger partial charge in [-0.1, -0.05) is 0 Å².